The highest BCUT2D eigenvalue weighted by molar-refractivity contribution is 7.47. The van der Waals surface area contributed by atoms with Crippen molar-refractivity contribution in [3.05, 3.63) is 12.2 Å². The molecular formula is C64H130N2O6P+. The molecule has 0 aromatic heterocycles. The van der Waals surface area contributed by atoms with Crippen LogP contribution in [0, 0.1) is 0 Å². The van der Waals surface area contributed by atoms with Crippen LogP contribution in [0.1, 0.15) is 341 Å². The van der Waals surface area contributed by atoms with Crippen LogP contribution in [0.5, 0.6) is 0 Å². The van der Waals surface area contributed by atoms with Gasteiger partial charge in [-0.25, -0.2) is 4.57 Å². The Balaban J connectivity index is 4.07. The molecule has 0 aromatic rings. The molecule has 0 saturated carbocycles. The van der Waals surface area contributed by atoms with Crippen molar-refractivity contribution in [3.8, 4) is 0 Å². The van der Waals surface area contributed by atoms with Crippen LogP contribution in [0.15, 0.2) is 12.2 Å². The third kappa shape index (κ3) is 58.8. The number of aliphatic hydroxyl groups excluding tert-OH is 1. The predicted molar refractivity (Wildman–Crippen MR) is 319 cm³/mol. The van der Waals surface area contributed by atoms with E-state index in [9.17, 15) is 19.4 Å². The molecule has 0 bridgehead atoms. The summed E-state index contributed by atoms with van der Waals surface area (Å²) in [5, 5.41) is 14.1. The standard InChI is InChI=1S/C64H129N2O6P/c1-6-8-10-12-14-16-18-20-22-24-26-28-30-32-34-36-38-40-42-44-46-48-50-52-54-56-58-64(68)65-62(61-72-73(69,70)71-60-59-66(3,4)5)63(67)57-55-53-51-49-47-45-43-41-39-37-35-33-31-29-27-25-23-21-19-17-15-13-11-9-7-2/h32,34,62-63,67H,6-31,33,35-61H2,1-5H3,(H-,65,68,69,70)/p+1/b34-32-. The number of carbonyl (C=O) groups excluding carboxylic acids is 1. The van der Waals surface area contributed by atoms with Gasteiger partial charge in [0.2, 0.25) is 5.91 Å². The van der Waals surface area contributed by atoms with E-state index in [1.165, 1.54) is 276 Å². The minimum Gasteiger partial charge on any atom is -0.391 e. The molecule has 0 rings (SSSR count). The molecule has 1 amide bonds. The minimum absolute atomic E-state index is 0.0772. The van der Waals surface area contributed by atoms with Crippen molar-refractivity contribution in [1.82, 2.24) is 5.32 Å². The van der Waals surface area contributed by atoms with Crippen molar-refractivity contribution < 1.29 is 32.9 Å². The van der Waals surface area contributed by atoms with Gasteiger partial charge in [-0.3, -0.25) is 13.8 Å². The smallest absolute Gasteiger partial charge is 0.391 e. The zero-order chi connectivity index (χ0) is 53.5. The monoisotopic (exact) mass is 1050 g/mol. The van der Waals surface area contributed by atoms with Gasteiger partial charge < -0.3 is 19.8 Å². The maximum Gasteiger partial charge on any atom is 0.472 e. The molecule has 0 aliphatic heterocycles. The number of hydrogen-bond acceptors (Lipinski definition) is 5. The number of likely N-dealkylation sites (N-methyl/N-ethyl adjacent to an activating group) is 1. The lowest BCUT2D eigenvalue weighted by molar-refractivity contribution is -0.870. The third-order valence-electron chi connectivity index (χ3n) is 15.3. The predicted octanol–water partition coefficient (Wildman–Crippen LogP) is 20.2. The summed E-state index contributed by atoms with van der Waals surface area (Å²) in [4.78, 5) is 23.4. The number of quaternary nitrogens is 1. The fraction of sp³-hybridized carbons (Fsp3) is 0.953. The number of phosphoric acid groups is 1. The first-order valence-corrected chi connectivity index (χ1v) is 34.0. The number of carbonyl (C=O) groups is 1. The number of amides is 1. The average Bonchev–Trinajstić information content (AvgIpc) is 3.35. The number of hydrogen-bond donors (Lipinski definition) is 3. The molecule has 8 nitrogen and oxygen atoms in total. The molecule has 0 fully saturated rings. The second-order valence-electron chi connectivity index (χ2n) is 23.9. The van der Waals surface area contributed by atoms with E-state index < -0.39 is 20.0 Å². The van der Waals surface area contributed by atoms with Gasteiger partial charge in [-0.1, -0.05) is 309 Å². The number of rotatable bonds is 61. The maximum absolute atomic E-state index is 13.0. The summed E-state index contributed by atoms with van der Waals surface area (Å²) in [6, 6.07) is -0.760. The number of phosphoric ester groups is 1. The summed E-state index contributed by atoms with van der Waals surface area (Å²) in [5.41, 5.74) is 0. The van der Waals surface area contributed by atoms with Crippen LogP contribution in [0.2, 0.25) is 0 Å². The van der Waals surface area contributed by atoms with Gasteiger partial charge in [-0.15, -0.1) is 0 Å². The first kappa shape index (κ1) is 72.2. The Morgan fingerprint density at radius 1 is 0.452 bits per heavy atom. The minimum atomic E-state index is -4.33. The molecule has 0 radical (unpaired) electrons. The summed E-state index contributed by atoms with van der Waals surface area (Å²) in [7, 11) is 1.63. The molecule has 3 atom stereocenters. The van der Waals surface area contributed by atoms with Crippen LogP contribution in [0.3, 0.4) is 0 Å². The van der Waals surface area contributed by atoms with Crippen molar-refractivity contribution in [2.45, 2.75) is 353 Å². The van der Waals surface area contributed by atoms with E-state index in [0.29, 0.717) is 23.9 Å². The second kappa shape index (κ2) is 56.0. The highest BCUT2D eigenvalue weighted by Crippen LogP contribution is 2.43. The molecular weight excluding hydrogens is 924 g/mol. The number of aliphatic hydroxyl groups is 1. The van der Waals surface area contributed by atoms with Gasteiger partial charge in [0.05, 0.1) is 39.9 Å². The van der Waals surface area contributed by atoms with Gasteiger partial charge in [0.1, 0.15) is 13.2 Å². The zero-order valence-electron chi connectivity index (χ0n) is 49.9. The highest BCUT2D eigenvalue weighted by atomic mass is 31.2. The summed E-state index contributed by atoms with van der Waals surface area (Å²) in [6.45, 7) is 4.95. The maximum atomic E-state index is 13.0. The fourth-order valence-corrected chi connectivity index (χ4v) is 10.9. The van der Waals surface area contributed by atoms with E-state index in [-0.39, 0.29) is 19.1 Å². The fourth-order valence-electron chi connectivity index (χ4n) is 10.2. The van der Waals surface area contributed by atoms with Crippen LogP contribution < -0.4 is 5.32 Å². The summed E-state index contributed by atoms with van der Waals surface area (Å²) < 4.78 is 23.9. The van der Waals surface area contributed by atoms with Gasteiger partial charge in [0, 0.05) is 6.42 Å². The van der Waals surface area contributed by atoms with E-state index in [4.69, 9.17) is 9.05 Å². The van der Waals surface area contributed by atoms with E-state index in [0.717, 1.165) is 38.5 Å². The molecule has 0 aliphatic rings. The number of nitrogens with one attached hydrogen (secondary N) is 1. The van der Waals surface area contributed by atoms with Crippen LogP contribution in [-0.2, 0) is 18.4 Å². The van der Waals surface area contributed by atoms with E-state index in [2.05, 4.69) is 31.3 Å². The Labute approximate surface area is 456 Å². The topological polar surface area (TPSA) is 105 Å². The Bertz CT molecular complexity index is 1200. The third-order valence-corrected chi connectivity index (χ3v) is 16.2. The normalized spacial score (nSPS) is 13.8. The van der Waals surface area contributed by atoms with Gasteiger partial charge in [0.15, 0.2) is 0 Å². The first-order chi connectivity index (χ1) is 35.5. The molecule has 9 heteroatoms. The summed E-state index contributed by atoms with van der Waals surface area (Å²) in [5.74, 6) is -0.139. The van der Waals surface area contributed by atoms with Crippen LogP contribution >= 0.6 is 7.82 Å². The summed E-state index contributed by atoms with van der Waals surface area (Å²) >= 11 is 0. The zero-order valence-corrected chi connectivity index (χ0v) is 50.8. The summed E-state index contributed by atoms with van der Waals surface area (Å²) in [6.07, 6.45) is 70.1. The SMILES string of the molecule is CCCCCCCCCCCCCC/C=C\CCCCCCCCCCCCC(=O)NC(COP(=O)(O)OCC[N+](C)(C)C)C(O)CCCCCCCCCCCCCCCCCCCCCCCCCCC. The molecule has 3 unspecified atom stereocenters. The first-order valence-electron chi connectivity index (χ1n) is 32.6. The molecule has 3 N–H and O–H groups in total. The van der Waals surface area contributed by atoms with Gasteiger partial charge in [-0.05, 0) is 38.5 Å². The quantitative estimate of drug-likeness (QED) is 0.0243. The van der Waals surface area contributed by atoms with Gasteiger partial charge in [-0.2, -0.15) is 0 Å². The molecule has 0 heterocycles. The highest BCUT2D eigenvalue weighted by Gasteiger charge is 2.28. The molecule has 0 spiro atoms. The lowest BCUT2D eigenvalue weighted by Gasteiger charge is -2.26. The lowest BCUT2D eigenvalue weighted by atomic mass is 10.0. The van der Waals surface area contributed by atoms with Crippen LogP contribution in [-0.4, -0.2) is 73.4 Å². The van der Waals surface area contributed by atoms with E-state index in [1.807, 2.05) is 21.1 Å². The Hall–Kier alpha value is -0.760. The lowest BCUT2D eigenvalue weighted by Crippen LogP contribution is -2.46. The van der Waals surface area contributed by atoms with Gasteiger partial charge in [0.25, 0.3) is 0 Å². The van der Waals surface area contributed by atoms with Crippen molar-refractivity contribution in [2.75, 3.05) is 40.9 Å². The molecule has 0 aromatic carbocycles. The second-order valence-corrected chi connectivity index (χ2v) is 25.3. The van der Waals surface area contributed by atoms with E-state index in [1.54, 1.807) is 0 Å². The van der Waals surface area contributed by atoms with Crippen LogP contribution in [0.4, 0.5) is 0 Å². The Morgan fingerprint density at radius 2 is 0.740 bits per heavy atom. The van der Waals surface area contributed by atoms with Crippen molar-refractivity contribution in [3.63, 3.8) is 0 Å². The molecule has 0 saturated heterocycles. The van der Waals surface area contributed by atoms with Crippen molar-refractivity contribution in [1.29, 1.82) is 0 Å². The average molecular weight is 1050 g/mol. The molecule has 73 heavy (non-hydrogen) atoms. The van der Waals surface area contributed by atoms with Crippen molar-refractivity contribution >= 4 is 13.7 Å². The van der Waals surface area contributed by atoms with Gasteiger partial charge >= 0.3 is 7.82 Å². The molecule has 0 aliphatic carbocycles. The van der Waals surface area contributed by atoms with Crippen molar-refractivity contribution in [2.24, 2.45) is 0 Å². The Morgan fingerprint density at radius 3 is 1.05 bits per heavy atom. The largest absolute Gasteiger partial charge is 0.472 e. The molecule has 436 valence electrons. The van der Waals surface area contributed by atoms with Crippen LogP contribution in [0.25, 0.3) is 0 Å². The number of allylic oxidation sites excluding steroid dienone is 2. The number of unbranched alkanes of at least 4 members (excludes halogenated alkanes) is 46. The number of nitrogens with zero attached hydrogens (tertiary/aromatic N) is 1. The van der Waals surface area contributed by atoms with E-state index >= 15 is 0 Å². The Kier molecular flexibility index (Phi) is 55.4.